The zero-order valence-electron chi connectivity index (χ0n) is 21.6. The minimum Gasteiger partial charge on any atom is -0.496 e. The first-order valence-electron chi connectivity index (χ1n) is 13.6. The maximum absolute atomic E-state index is 13.6. The van der Waals surface area contributed by atoms with Crippen molar-refractivity contribution in [2.24, 2.45) is 0 Å². The molecule has 4 aromatic rings. The van der Waals surface area contributed by atoms with Gasteiger partial charge in [-0.2, -0.15) is 0 Å². The van der Waals surface area contributed by atoms with Crippen LogP contribution in [0.2, 0.25) is 0 Å². The lowest BCUT2D eigenvalue weighted by molar-refractivity contribution is 0.0539. The van der Waals surface area contributed by atoms with E-state index >= 15 is 0 Å². The van der Waals surface area contributed by atoms with Gasteiger partial charge in [-0.3, -0.25) is 4.90 Å². The van der Waals surface area contributed by atoms with E-state index in [1.165, 1.54) is 38.8 Å². The number of hydrogen-bond acceptors (Lipinski definition) is 3. The van der Waals surface area contributed by atoms with Crippen molar-refractivity contribution in [2.75, 3.05) is 13.7 Å². The van der Waals surface area contributed by atoms with Crippen LogP contribution in [-0.4, -0.2) is 36.8 Å². The first-order chi connectivity index (χ1) is 18.7. The molecule has 0 radical (unpaired) electrons. The summed E-state index contributed by atoms with van der Waals surface area (Å²) in [6.45, 7) is 0.364. The number of rotatable bonds is 4. The highest BCUT2D eigenvalue weighted by atomic mass is 16.6. The Hall–Kier alpha value is -4.05. The van der Waals surface area contributed by atoms with E-state index in [1.807, 2.05) is 4.90 Å². The summed E-state index contributed by atoms with van der Waals surface area (Å²) in [7, 11) is 1.72. The van der Waals surface area contributed by atoms with Gasteiger partial charge in [0, 0.05) is 17.3 Å². The Morgan fingerprint density at radius 1 is 0.816 bits per heavy atom. The highest BCUT2D eigenvalue weighted by Crippen LogP contribution is 2.45. The molecule has 1 aliphatic carbocycles. The summed E-state index contributed by atoms with van der Waals surface area (Å²) in [4.78, 5) is 15.6. The van der Waals surface area contributed by atoms with Gasteiger partial charge in [0.1, 0.15) is 12.4 Å². The Labute approximate surface area is 223 Å². The van der Waals surface area contributed by atoms with Crippen LogP contribution in [0.15, 0.2) is 91.0 Å². The average Bonchev–Trinajstić information content (AvgIpc) is 3.28. The van der Waals surface area contributed by atoms with Gasteiger partial charge in [0.25, 0.3) is 0 Å². The van der Waals surface area contributed by atoms with Crippen molar-refractivity contribution in [3.8, 4) is 16.9 Å². The van der Waals surface area contributed by atoms with Gasteiger partial charge in [0.05, 0.1) is 13.2 Å². The zero-order valence-corrected chi connectivity index (χ0v) is 21.6. The highest BCUT2D eigenvalue weighted by Gasteiger charge is 2.39. The lowest BCUT2D eigenvalue weighted by Gasteiger charge is -2.44. The monoisotopic (exact) mass is 501 g/mol. The molecule has 1 fully saturated rings. The second-order valence-corrected chi connectivity index (χ2v) is 10.6. The summed E-state index contributed by atoms with van der Waals surface area (Å²) in [5.74, 6) is 0.967. The Bertz CT molecular complexity index is 1530. The smallest absolute Gasteiger partial charge is 0.410 e. The van der Waals surface area contributed by atoms with Crippen LogP contribution in [0.5, 0.6) is 5.75 Å². The molecule has 2 bridgehead atoms. The quantitative estimate of drug-likeness (QED) is 0.286. The van der Waals surface area contributed by atoms with E-state index in [0.29, 0.717) is 6.61 Å². The van der Waals surface area contributed by atoms with Crippen molar-refractivity contribution in [3.63, 3.8) is 0 Å². The van der Waals surface area contributed by atoms with E-state index in [2.05, 4.69) is 91.0 Å². The number of piperidine rings is 1. The number of hydrogen-bond donors (Lipinski definition) is 0. The maximum atomic E-state index is 13.6. The predicted octanol–water partition coefficient (Wildman–Crippen LogP) is 7.81. The zero-order chi connectivity index (χ0) is 25.6. The number of ether oxygens (including phenoxy) is 2. The third kappa shape index (κ3) is 3.70. The van der Waals surface area contributed by atoms with Crippen LogP contribution in [-0.2, 0) is 4.74 Å². The molecule has 4 nitrogen and oxygen atoms in total. The van der Waals surface area contributed by atoms with Gasteiger partial charge in [-0.1, -0.05) is 84.9 Å². The SMILES string of the molecule is COc1ccc(C2=CC3CCCC(C2)N3C(=O)OCC2c3ccccc3-c3ccccc32)c2ccccc12. The van der Waals surface area contributed by atoms with Crippen LogP contribution in [0.25, 0.3) is 27.5 Å². The molecule has 2 aliphatic heterocycles. The summed E-state index contributed by atoms with van der Waals surface area (Å²) in [6.07, 6.45) is 6.08. The van der Waals surface area contributed by atoms with E-state index < -0.39 is 0 Å². The molecule has 38 heavy (non-hydrogen) atoms. The van der Waals surface area contributed by atoms with E-state index in [9.17, 15) is 4.79 Å². The molecule has 7 rings (SSSR count). The minimum absolute atomic E-state index is 0.0639. The number of carbonyl (C=O) groups excluding carboxylic acids is 1. The summed E-state index contributed by atoms with van der Waals surface area (Å²) in [5, 5.41) is 2.32. The van der Waals surface area contributed by atoms with Gasteiger partial charge in [0.2, 0.25) is 0 Å². The number of methoxy groups -OCH3 is 1. The summed E-state index contributed by atoms with van der Waals surface area (Å²) in [6, 6.07) is 29.8. The molecule has 2 heterocycles. The fraction of sp³-hybridized carbons (Fsp3) is 0.265. The molecule has 1 amide bonds. The number of nitrogens with zero attached hydrogens (tertiary/aromatic N) is 1. The maximum Gasteiger partial charge on any atom is 0.410 e. The Morgan fingerprint density at radius 3 is 2.21 bits per heavy atom. The third-order valence-corrected chi connectivity index (χ3v) is 8.63. The number of amides is 1. The summed E-state index contributed by atoms with van der Waals surface area (Å²) in [5.41, 5.74) is 7.55. The van der Waals surface area contributed by atoms with Gasteiger partial charge in [0.15, 0.2) is 0 Å². The van der Waals surface area contributed by atoms with Crippen molar-refractivity contribution in [1.29, 1.82) is 0 Å². The fourth-order valence-corrected chi connectivity index (χ4v) is 6.91. The van der Waals surface area contributed by atoms with Crippen molar-refractivity contribution in [2.45, 2.75) is 43.7 Å². The van der Waals surface area contributed by atoms with Gasteiger partial charge < -0.3 is 9.47 Å². The summed E-state index contributed by atoms with van der Waals surface area (Å²) >= 11 is 0. The largest absolute Gasteiger partial charge is 0.496 e. The first kappa shape index (κ1) is 23.1. The van der Waals surface area contributed by atoms with Crippen LogP contribution in [0.3, 0.4) is 0 Å². The van der Waals surface area contributed by atoms with Crippen molar-refractivity contribution >= 4 is 22.4 Å². The summed E-state index contributed by atoms with van der Waals surface area (Å²) < 4.78 is 11.7. The Balaban J connectivity index is 1.15. The molecule has 4 heteroatoms. The molecule has 1 saturated heterocycles. The number of benzene rings is 4. The van der Waals surface area contributed by atoms with E-state index in [1.54, 1.807) is 7.11 Å². The molecule has 0 aromatic heterocycles. The molecular formula is C34H31NO3. The van der Waals surface area contributed by atoms with E-state index in [0.717, 1.165) is 36.8 Å². The van der Waals surface area contributed by atoms with Crippen LogP contribution < -0.4 is 4.74 Å². The third-order valence-electron chi connectivity index (χ3n) is 8.63. The van der Waals surface area contributed by atoms with Crippen LogP contribution in [0, 0.1) is 0 Å². The van der Waals surface area contributed by atoms with Gasteiger partial charge >= 0.3 is 6.09 Å². The Morgan fingerprint density at radius 2 is 1.50 bits per heavy atom. The second-order valence-electron chi connectivity index (χ2n) is 10.6. The first-order valence-corrected chi connectivity index (χ1v) is 13.6. The molecular weight excluding hydrogens is 470 g/mol. The molecule has 0 N–H and O–H groups in total. The molecule has 190 valence electrons. The molecule has 0 spiro atoms. The molecule has 3 aliphatic rings. The molecule has 0 saturated carbocycles. The highest BCUT2D eigenvalue weighted by molar-refractivity contribution is 5.98. The van der Waals surface area contributed by atoms with Crippen LogP contribution in [0.1, 0.15) is 48.3 Å². The number of fused-ring (bicyclic) bond motifs is 6. The van der Waals surface area contributed by atoms with Gasteiger partial charge in [-0.25, -0.2) is 4.79 Å². The van der Waals surface area contributed by atoms with Crippen molar-refractivity contribution < 1.29 is 14.3 Å². The second kappa shape index (κ2) is 9.36. The van der Waals surface area contributed by atoms with Crippen molar-refractivity contribution in [1.82, 2.24) is 4.90 Å². The fourth-order valence-electron chi connectivity index (χ4n) is 6.91. The molecule has 2 unspecified atom stereocenters. The normalized spacial score (nSPS) is 20.0. The van der Waals surface area contributed by atoms with Crippen LogP contribution >= 0.6 is 0 Å². The standard InChI is InChI=1S/C34H31NO3/c1-37-33-18-17-25(26-11-6-7-16-31(26)33)22-19-23-9-8-10-24(20-22)35(23)34(36)38-21-32-29-14-4-2-12-27(29)28-13-3-5-15-30(28)32/h2-7,11-19,23-24,32H,8-10,20-21H2,1H3. The minimum atomic E-state index is -0.184. The lowest BCUT2D eigenvalue weighted by Crippen LogP contribution is -2.51. The Kier molecular flexibility index (Phi) is 5.69. The topological polar surface area (TPSA) is 38.8 Å². The molecule has 4 aromatic carbocycles. The number of carbonyl (C=O) groups is 1. The van der Waals surface area contributed by atoms with Gasteiger partial charge in [-0.15, -0.1) is 0 Å². The predicted molar refractivity (Wildman–Crippen MR) is 151 cm³/mol. The lowest BCUT2D eigenvalue weighted by atomic mass is 9.82. The molecule has 2 atom stereocenters. The van der Waals surface area contributed by atoms with Crippen molar-refractivity contribution in [3.05, 3.63) is 108 Å². The van der Waals surface area contributed by atoms with Crippen LogP contribution in [0.4, 0.5) is 4.79 Å². The average molecular weight is 502 g/mol. The van der Waals surface area contributed by atoms with E-state index in [4.69, 9.17) is 9.47 Å². The van der Waals surface area contributed by atoms with E-state index in [-0.39, 0.29) is 24.1 Å². The van der Waals surface area contributed by atoms with Gasteiger partial charge in [-0.05, 0) is 70.5 Å².